The Morgan fingerprint density at radius 2 is 1.38 bits per heavy atom. The van der Waals surface area contributed by atoms with Gasteiger partial charge in [0, 0.05) is 13.6 Å². The van der Waals surface area contributed by atoms with Gasteiger partial charge in [0.05, 0.1) is 53.2 Å². The van der Waals surface area contributed by atoms with E-state index in [1.807, 2.05) is 20.8 Å². The molecule has 0 unspecified atom stereocenters. The van der Waals surface area contributed by atoms with Crippen LogP contribution in [0.25, 0.3) is 0 Å². The van der Waals surface area contributed by atoms with Crippen molar-refractivity contribution in [3.63, 3.8) is 0 Å². The first-order chi connectivity index (χ1) is 11.3. The molecular formula is C16H31NO7. The summed E-state index contributed by atoms with van der Waals surface area (Å²) in [7, 11) is 3.01. The molecule has 0 saturated carbocycles. The molecule has 0 aromatic rings. The lowest BCUT2D eigenvalue weighted by Crippen LogP contribution is -2.36. The van der Waals surface area contributed by atoms with E-state index in [0.29, 0.717) is 46.2 Å². The molecule has 0 bridgehead atoms. The Balaban J connectivity index is 3.39. The zero-order chi connectivity index (χ0) is 18.4. The Morgan fingerprint density at radius 1 is 0.875 bits per heavy atom. The average Bonchev–Trinajstić information content (AvgIpc) is 2.50. The van der Waals surface area contributed by atoms with Crippen LogP contribution in [0.2, 0.25) is 0 Å². The van der Waals surface area contributed by atoms with Gasteiger partial charge in [-0.3, -0.25) is 4.79 Å². The first kappa shape index (κ1) is 22.6. The molecule has 0 radical (unpaired) electrons. The summed E-state index contributed by atoms with van der Waals surface area (Å²) < 4.78 is 25.6. The molecule has 0 heterocycles. The first-order valence-corrected chi connectivity index (χ1v) is 8.00. The summed E-state index contributed by atoms with van der Waals surface area (Å²) in [5.41, 5.74) is -0.501. The minimum atomic E-state index is -0.501. The van der Waals surface area contributed by atoms with Crippen LogP contribution in [-0.2, 0) is 28.5 Å². The molecule has 1 amide bonds. The molecular weight excluding hydrogens is 318 g/mol. The van der Waals surface area contributed by atoms with Crippen LogP contribution in [0.3, 0.4) is 0 Å². The normalized spacial score (nSPS) is 11.2. The number of rotatable bonds is 12. The first-order valence-electron chi connectivity index (χ1n) is 8.00. The molecule has 8 nitrogen and oxygen atoms in total. The number of likely N-dealkylation sites (N-methyl/N-ethyl adjacent to an activating group) is 1. The molecule has 0 aliphatic heterocycles. The second-order valence-corrected chi connectivity index (χ2v) is 6.07. The van der Waals surface area contributed by atoms with Crippen molar-refractivity contribution >= 4 is 12.1 Å². The van der Waals surface area contributed by atoms with Crippen LogP contribution in [0.4, 0.5) is 4.79 Å². The lowest BCUT2D eigenvalue weighted by Gasteiger charge is -2.24. The van der Waals surface area contributed by atoms with Gasteiger partial charge in [-0.25, -0.2) is 4.79 Å². The number of amides is 1. The summed E-state index contributed by atoms with van der Waals surface area (Å²) >= 11 is 0. The highest BCUT2D eigenvalue weighted by molar-refractivity contribution is 5.69. The predicted molar refractivity (Wildman–Crippen MR) is 88.0 cm³/mol. The molecule has 142 valence electrons. The zero-order valence-electron chi connectivity index (χ0n) is 15.5. The highest BCUT2D eigenvalue weighted by Crippen LogP contribution is 2.08. The largest absolute Gasteiger partial charge is 0.469 e. The van der Waals surface area contributed by atoms with Gasteiger partial charge in [0.25, 0.3) is 0 Å². The van der Waals surface area contributed by atoms with Crippen LogP contribution in [0.15, 0.2) is 0 Å². The van der Waals surface area contributed by atoms with Gasteiger partial charge in [-0.15, -0.1) is 0 Å². The molecule has 0 fully saturated rings. The van der Waals surface area contributed by atoms with Crippen LogP contribution in [0, 0.1) is 0 Å². The second-order valence-electron chi connectivity index (χ2n) is 6.07. The van der Waals surface area contributed by atoms with E-state index < -0.39 is 5.60 Å². The summed E-state index contributed by atoms with van der Waals surface area (Å²) in [6, 6.07) is 0. The summed E-state index contributed by atoms with van der Waals surface area (Å²) in [5.74, 6) is -0.291. The molecule has 0 rings (SSSR count). The van der Waals surface area contributed by atoms with Crippen molar-refractivity contribution in [2.75, 3.05) is 60.3 Å². The smallest absolute Gasteiger partial charge is 0.410 e. The average molecular weight is 349 g/mol. The Bertz CT molecular complexity index is 355. The van der Waals surface area contributed by atoms with E-state index in [2.05, 4.69) is 4.74 Å². The molecule has 0 aliphatic rings. The van der Waals surface area contributed by atoms with E-state index in [1.165, 1.54) is 12.0 Å². The molecule has 0 aromatic carbocycles. The Labute approximate surface area is 144 Å². The van der Waals surface area contributed by atoms with E-state index >= 15 is 0 Å². The van der Waals surface area contributed by atoms with Gasteiger partial charge in [-0.05, 0) is 20.8 Å². The summed E-state index contributed by atoms with van der Waals surface area (Å²) in [6.45, 7) is 8.38. The number of carbonyl (C=O) groups is 2. The van der Waals surface area contributed by atoms with Crippen molar-refractivity contribution in [2.24, 2.45) is 0 Å². The van der Waals surface area contributed by atoms with Crippen molar-refractivity contribution in [2.45, 2.75) is 32.8 Å². The topological polar surface area (TPSA) is 83.5 Å². The fraction of sp³-hybridized carbons (Fsp3) is 0.875. The summed E-state index contributed by atoms with van der Waals surface area (Å²) in [4.78, 5) is 24.0. The summed E-state index contributed by atoms with van der Waals surface area (Å²) in [6.07, 6.45) is -0.128. The van der Waals surface area contributed by atoms with Crippen molar-refractivity contribution < 1.29 is 33.3 Å². The van der Waals surface area contributed by atoms with E-state index in [9.17, 15) is 9.59 Å². The van der Waals surface area contributed by atoms with Crippen molar-refractivity contribution in [3.8, 4) is 0 Å². The zero-order valence-corrected chi connectivity index (χ0v) is 15.5. The monoisotopic (exact) mass is 349 g/mol. The molecule has 0 atom stereocenters. The second kappa shape index (κ2) is 13.0. The SMILES string of the molecule is COC(=O)CCOCCOCCOCCN(C)C(=O)OC(C)(C)C. The van der Waals surface area contributed by atoms with Gasteiger partial charge in [0.1, 0.15) is 5.60 Å². The Hall–Kier alpha value is -1.38. The molecule has 0 aliphatic carbocycles. The lowest BCUT2D eigenvalue weighted by molar-refractivity contribution is -0.141. The number of esters is 1. The van der Waals surface area contributed by atoms with E-state index in [-0.39, 0.29) is 18.5 Å². The number of nitrogens with zero attached hydrogens (tertiary/aromatic N) is 1. The van der Waals surface area contributed by atoms with Gasteiger partial charge in [0.15, 0.2) is 0 Å². The van der Waals surface area contributed by atoms with Crippen molar-refractivity contribution in [1.29, 1.82) is 0 Å². The Morgan fingerprint density at radius 3 is 1.88 bits per heavy atom. The fourth-order valence-corrected chi connectivity index (χ4v) is 1.43. The van der Waals surface area contributed by atoms with Crippen molar-refractivity contribution in [1.82, 2.24) is 4.90 Å². The third-order valence-electron chi connectivity index (χ3n) is 2.70. The number of hydrogen-bond acceptors (Lipinski definition) is 7. The third kappa shape index (κ3) is 14.2. The fourth-order valence-electron chi connectivity index (χ4n) is 1.43. The van der Waals surface area contributed by atoms with E-state index in [4.69, 9.17) is 18.9 Å². The minimum absolute atomic E-state index is 0.241. The molecule has 0 saturated heterocycles. The van der Waals surface area contributed by atoms with E-state index in [0.717, 1.165) is 0 Å². The van der Waals surface area contributed by atoms with Crippen LogP contribution in [0.1, 0.15) is 27.2 Å². The standard InChI is InChI=1S/C16H31NO7/c1-16(2,3)24-15(19)17(4)7-9-22-11-13-23-12-10-21-8-6-14(18)20-5/h6-13H2,1-5H3. The molecule has 24 heavy (non-hydrogen) atoms. The van der Waals surface area contributed by atoms with Crippen LogP contribution < -0.4 is 0 Å². The summed E-state index contributed by atoms with van der Waals surface area (Å²) in [5, 5.41) is 0. The molecule has 0 N–H and O–H groups in total. The van der Waals surface area contributed by atoms with Gasteiger partial charge >= 0.3 is 12.1 Å². The predicted octanol–water partition coefficient (Wildman–Crippen LogP) is 1.47. The Kier molecular flexibility index (Phi) is 12.2. The highest BCUT2D eigenvalue weighted by atomic mass is 16.6. The number of carbonyl (C=O) groups excluding carboxylic acids is 2. The van der Waals surface area contributed by atoms with E-state index in [1.54, 1.807) is 7.05 Å². The minimum Gasteiger partial charge on any atom is -0.469 e. The number of methoxy groups -OCH3 is 1. The lowest BCUT2D eigenvalue weighted by atomic mass is 10.2. The highest BCUT2D eigenvalue weighted by Gasteiger charge is 2.19. The third-order valence-corrected chi connectivity index (χ3v) is 2.70. The van der Waals surface area contributed by atoms with Crippen LogP contribution in [0.5, 0.6) is 0 Å². The van der Waals surface area contributed by atoms with Gasteiger partial charge in [0.2, 0.25) is 0 Å². The molecule has 0 spiro atoms. The van der Waals surface area contributed by atoms with Gasteiger partial charge in [-0.2, -0.15) is 0 Å². The van der Waals surface area contributed by atoms with Gasteiger partial charge < -0.3 is 28.6 Å². The molecule has 0 aromatic heterocycles. The molecule has 8 heteroatoms. The van der Waals surface area contributed by atoms with Crippen molar-refractivity contribution in [3.05, 3.63) is 0 Å². The maximum Gasteiger partial charge on any atom is 0.410 e. The van der Waals surface area contributed by atoms with Crippen LogP contribution >= 0.6 is 0 Å². The number of ether oxygens (including phenoxy) is 5. The van der Waals surface area contributed by atoms with Crippen LogP contribution in [-0.4, -0.2) is 82.9 Å². The maximum atomic E-state index is 11.7. The quantitative estimate of drug-likeness (QED) is 0.390. The van der Waals surface area contributed by atoms with Gasteiger partial charge in [-0.1, -0.05) is 0 Å². The maximum absolute atomic E-state index is 11.7. The number of hydrogen-bond donors (Lipinski definition) is 0.